The minimum absolute atomic E-state index is 0.155. The number of hydrogen-bond donors (Lipinski definition) is 2. The number of halogens is 1. The fourth-order valence-corrected chi connectivity index (χ4v) is 2.26. The largest absolute Gasteiger partial charge is 0.509 e. The molecule has 0 spiro atoms. The molecule has 0 aliphatic carbocycles. The number of hydrogen-bond acceptors (Lipinski definition) is 4. The summed E-state index contributed by atoms with van der Waals surface area (Å²) in [4.78, 5) is 13.7. The maximum atomic E-state index is 13.6. The van der Waals surface area contributed by atoms with E-state index in [1.807, 2.05) is 4.90 Å². The van der Waals surface area contributed by atoms with Crippen LogP contribution in [-0.4, -0.2) is 42.1 Å². The van der Waals surface area contributed by atoms with Crippen LogP contribution in [0.3, 0.4) is 0 Å². The highest BCUT2D eigenvalue weighted by atomic mass is 19.1. The van der Waals surface area contributed by atoms with Gasteiger partial charge in [-0.05, 0) is 38.1 Å². The normalized spacial score (nSPS) is 23.7. The summed E-state index contributed by atoms with van der Waals surface area (Å²) >= 11 is 0. The van der Waals surface area contributed by atoms with Gasteiger partial charge >= 0.3 is 0 Å². The summed E-state index contributed by atoms with van der Waals surface area (Å²) in [6, 6.07) is 1.87. The Kier molecular flexibility index (Phi) is 6.12. The lowest BCUT2D eigenvalue weighted by molar-refractivity contribution is -0.124. The number of allylic oxidation sites excluding steroid dienone is 3. The molecule has 2 N–H and O–H groups in total. The molecule has 6 heteroatoms. The smallest absolute Gasteiger partial charge is 0.224 e. The number of nitriles is 1. The molecule has 1 heterocycles. The van der Waals surface area contributed by atoms with Gasteiger partial charge in [0.15, 0.2) is 0 Å². The fraction of sp³-hybridized carbons (Fsp3) is 0.467. The number of nitrogens with zero attached hydrogens (tertiary/aromatic N) is 2. The van der Waals surface area contributed by atoms with Crippen LogP contribution in [0.15, 0.2) is 35.9 Å². The number of nitrogens with one attached hydrogen (secondary N) is 1. The highest BCUT2D eigenvalue weighted by molar-refractivity contribution is 5.79. The second-order valence-electron chi connectivity index (χ2n) is 5.21. The molecule has 1 saturated heterocycles. The first-order valence-electron chi connectivity index (χ1n) is 6.63. The monoisotopic (exact) mass is 293 g/mol. The third kappa shape index (κ3) is 5.40. The van der Waals surface area contributed by atoms with Crippen LogP contribution in [0.1, 0.15) is 13.3 Å². The Hall–Kier alpha value is -2.13. The molecule has 0 aromatic heterocycles. The Morgan fingerprint density at radius 1 is 1.62 bits per heavy atom. The summed E-state index contributed by atoms with van der Waals surface area (Å²) in [5.41, 5.74) is 0.499. The van der Waals surface area contributed by atoms with Crippen LogP contribution in [0.25, 0.3) is 0 Å². The van der Waals surface area contributed by atoms with Gasteiger partial charge in [0, 0.05) is 6.54 Å². The lowest BCUT2D eigenvalue weighted by Crippen LogP contribution is -2.33. The van der Waals surface area contributed by atoms with Gasteiger partial charge in [0.2, 0.25) is 5.91 Å². The van der Waals surface area contributed by atoms with Crippen LogP contribution in [0.4, 0.5) is 4.39 Å². The van der Waals surface area contributed by atoms with Crippen molar-refractivity contribution in [3.8, 4) is 6.07 Å². The van der Waals surface area contributed by atoms with E-state index in [0.29, 0.717) is 18.5 Å². The summed E-state index contributed by atoms with van der Waals surface area (Å²) in [6.45, 7) is 5.18. The van der Waals surface area contributed by atoms with Crippen LogP contribution in [-0.2, 0) is 4.79 Å². The number of amides is 1. The molecule has 2 atom stereocenters. The Morgan fingerprint density at radius 2 is 2.29 bits per heavy atom. The van der Waals surface area contributed by atoms with Gasteiger partial charge < -0.3 is 10.4 Å². The molecule has 0 bridgehead atoms. The maximum Gasteiger partial charge on any atom is 0.224 e. The van der Waals surface area contributed by atoms with Crippen LogP contribution in [0, 0.1) is 17.2 Å². The van der Waals surface area contributed by atoms with Crippen LogP contribution < -0.4 is 5.32 Å². The molecule has 1 aliphatic heterocycles. The van der Waals surface area contributed by atoms with Gasteiger partial charge in [0.05, 0.1) is 24.6 Å². The van der Waals surface area contributed by atoms with Crippen LogP contribution >= 0.6 is 0 Å². The zero-order valence-electron chi connectivity index (χ0n) is 12.3. The minimum Gasteiger partial charge on any atom is -0.509 e. The molecular weight excluding hydrogens is 273 g/mol. The first-order valence-corrected chi connectivity index (χ1v) is 6.63. The summed E-state index contributed by atoms with van der Waals surface area (Å²) < 4.78 is 13.6. The van der Waals surface area contributed by atoms with E-state index in [1.54, 1.807) is 14.0 Å². The first kappa shape index (κ1) is 16.9. The molecule has 5 nitrogen and oxygen atoms in total. The van der Waals surface area contributed by atoms with Crippen molar-refractivity contribution in [1.29, 1.82) is 5.26 Å². The molecule has 1 aliphatic rings. The molecule has 0 radical (unpaired) electrons. The lowest BCUT2D eigenvalue weighted by Gasteiger charge is -2.11. The fourth-order valence-electron chi connectivity index (χ4n) is 2.26. The SMILES string of the molecule is C=C(O)/C=C(C)\C=C(\F)CNC(=O)C1CC(C#N)N(C)C1. The van der Waals surface area contributed by atoms with Gasteiger partial charge in [-0.25, -0.2) is 4.39 Å². The predicted molar refractivity (Wildman–Crippen MR) is 77.9 cm³/mol. The first-order chi connectivity index (χ1) is 9.83. The predicted octanol–water partition coefficient (Wildman–Crippen LogP) is 1.82. The number of likely N-dealkylation sites (tertiary alicyclic amines) is 1. The quantitative estimate of drug-likeness (QED) is 0.599. The second-order valence-corrected chi connectivity index (χ2v) is 5.21. The van der Waals surface area contributed by atoms with Crippen molar-refractivity contribution in [2.24, 2.45) is 5.92 Å². The third-order valence-corrected chi connectivity index (χ3v) is 3.28. The second kappa shape index (κ2) is 7.60. The van der Waals surface area contributed by atoms with E-state index >= 15 is 0 Å². The zero-order chi connectivity index (χ0) is 16.0. The van der Waals surface area contributed by atoms with Gasteiger partial charge in [0.1, 0.15) is 11.6 Å². The minimum atomic E-state index is -0.512. The average Bonchev–Trinajstić information content (AvgIpc) is 2.76. The van der Waals surface area contributed by atoms with E-state index in [0.717, 1.165) is 0 Å². The van der Waals surface area contributed by atoms with E-state index < -0.39 is 5.83 Å². The Morgan fingerprint density at radius 3 is 2.81 bits per heavy atom. The van der Waals surface area contributed by atoms with Crippen molar-refractivity contribution >= 4 is 5.91 Å². The standard InChI is InChI=1S/C15H20FN3O2/c1-10(4-11(2)20)5-13(16)8-18-15(21)12-6-14(7-17)19(3)9-12/h4-5,12,14,20H,2,6,8-9H2,1,3H3,(H,18,21)/b10-4-,13-5+. The molecule has 0 aromatic carbocycles. The van der Waals surface area contributed by atoms with Crippen LogP contribution in [0.5, 0.6) is 0 Å². The van der Waals surface area contributed by atoms with Crippen molar-refractivity contribution in [3.63, 3.8) is 0 Å². The number of rotatable bonds is 5. The van der Waals surface area contributed by atoms with E-state index in [-0.39, 0.29) is 30.2 Å². The highest BCUT2D eigenvalue weighted by Crippen LogP contribution is 2.21. The number of aliphatic hydroxyl groups excluding tert-OH is 1. The van der Waals surface area contributed by atoms with Gasteiger partial charge in [-0.2, -0.15) is 5.26 Å². The topological polar surface area (TPSA) is 76.4 Å². The van der Waals surface area contributed by atoms with Crippen molar-refractivity contribution in [2.75, 3.05) is 20.1 Å². The van der Waals surface area contributed by atoms with Gasteiger partial charge in [0.25, 0.3) is 0 Å². The Balaban J connectivity index is 2.49. The zero-order valence-corrected chi connectivity index (χ0v) is 12.3. The number of aliphatic hydroxyl groups is 1. The highest BCUT2D eigenvalue weighted by Gasteiger charge is 2.33. The van der Waals surface area contributed by atoms with Crippen molar-refractivity contribution in [1.82, 2.24) is 10.2 Å². The van der Waals surface area contributed by atoms with Crippen molar-refractivity contribution in [2.45, 2.75) is 19.4 Å². The number of carbonyl (C=O) groups excluding carboxylic acids is 1. The summed E-state index contributed by atoms with van der Waals surface area (Å²) in [5.74, 6) is -1.21. The molecular formula is C15H20FN3O2. The summed E-state index contributed by atoms with van der Waals surface area (Å²) in [6.07, 6.45) is 3.01. The maximum absolute atomic E-state index is 13.6. The lowest BCUT2D eigenvalue weighted by atomic mass is 10.1. The molecule has 1 rings (SSSR count). The Bertz CT molecular complexity index is 520. The summed E-state index contributed by atoms with van der Waals surface area (Å²) in [7, 11) is 1.79. The molecule has 0 saturated carbocycles. The van der Waals surface area contributed by atoms with E-state index in [1.165, 1.54) is 12.2 Å². The van der Waals surface area contributed by atoms with Gasteiger partial charge in [-0.3, -0.25) is 9.69 Å². The Labute approximate surface area is 124 Å². The molecule has 2 unspecified atom stereocenters. The van der Waals surface area contributed by atoms with Crippen LogP contribution in [0.2, 0.25) is 0 Å². The average molecular weight is 293 g/mol. The molecule has 114 valence electrons. The van der Waals surface area contributed by atoms with Crippen molar-refractivity contribution < 1.29 is 14.3 Å². The number of carbonyl (C=O) groups is 1. The van der Waals surface area contributed by atoms with E-state index in [2.05, 4.69) is 18.0 Å². The molecule has 1 amide bonds. The molecule has 1 fully saturated rings. The van der Waals surface area contributed by atoms with Gasteiger partial charge in [-0.1, -0.05) is 6.58 Å². The molecule has 0 aromatic rings. The summed E-state index contributed by atoms with van der Waals surface area (Å²) in [5, 5.41) is 20.4. The van der Waals surface area contributed by atoms with Crippen molar-refractivity contribution in [3.05, 3.63) is 35.9 Å². The van der Waals surface area contributed by atoms with E-state index in [4.69, 9.17) is 10.4 Å². The third-order valence-electron chi connectivity index (χ3n) is 3.28. The molecule has 21 heavy (non-hydrogen) atoms. The van der Waals surface area contributed by atoms with Gasteiger partial charge in [-0.15, -0.1) is 0 Å². The van der Waals surface area contributed by atoms with E-state index in [9.17, 15) is 9.18 Å².